The molecule has 2 N–H and O–H groups in total. The van der Waals surface area contributed by atoms with Crippen molar-refractivity contribution in [3.05, 3.63) is 76.9 Å². The molecule has 0 amide bonds. The standard InChI is InChI=1S/C23H29NO2.5C2H6/c1-4-18-11-10-17(2)21(14-18)20(16-25)15-23(26)12-13-24(3)22(23)19-8-6-5-7-9-19;5*1-2/h5-11,14-15,22,25-26H,4,12-13,16H2,1-3H3;5*1-2H3/b20-15+;;;;;/t22-,23+;;;;;/m0...../s1. The van der Waals surface area contributed by atoms with Gasteiger partial charge in [0.15, 0.2) is 0 Å². The zero-order chi connectivity index (χ0) is 28.7. The summed E-state index contributed by atoms with van der Waals surface area (Å²) in [5.41, 5.74) is 4.29. The zero-order valence-corrected chi connectivity index (χ0v) is 25.9. The van der Waals surface area contributed by atoms with Crippen LogP contribution in [0.1, 0.15) is 111 Å². The fourth-order valence-corrected chi connectivity index (χ4v) is 4.08. The largest absolute Gasteiger partial charge is 0.392 e. The third-order valence-corrected chi connectivity index (χ3v) is 5.55. The number of likely N-dealkylation sites (N-methyl/N-ethyl adjacent to an activating group) is 1. The van der Waals surface area contributed by atoms with Gasteiger partial charge in [-0.25, -0.2) is 0 Å². The molecule has 36 heavy (non-hydrogen) atoms. The second-order valence-corrected chi connectivity index (χ2v) is 7.37. The lowest BCUT2D eigenvalue weighted by Crippen LogP contribution is -2.34. The normalized spacial score (nSPS) is 18.3. The zero-order valence-electron chi connectivity index (χ0n) is 25.9. The van der Waals surface area contributed by atoms with E-state index < -0.39 is 5.60 Å². The van der Waals surface area contributed by atoms with Crippen LogP contribution in [0.2, 0.25) is 0 Å². The highest BCUT2D eigenvalue weighted by molar-refractivity contribution is 5.70. The summed E-state index contributed by atoms with van der Waals surface area (Å²) < 4.78 is 0. The Hall–Kier alpha value is -1.94. The molecule has 1 aliphatic rings. The lowest BCUT2D eigenvalue weighted by atomic mass is 9.85. The van der Waals surface area contributed by atoms with Crippen LogP contribution < -0.4 is 0 Å². The van der Waals surface area contributed by atoms with Gasteiger partial charge in [0.05, 0.1) is 12.6 Å². The van der Waals surface area contributed by atoms with Gasteiger partial charge in [-0.05, 0) is 60.7 Å². The molecule has 2 atom stereocenters. The minimum Gasteiger partial charge on any atom is -0.392 e. The van der Waals surface area contributed by atoms with Gasteiger partial charge in [-0.1, -0.05) is 125 Å². The van der Waals surface area contributed by atoms with Gasteiger partial charge in [0.25, 0.3) is 0 Å². The molecule has 0 radical (unpaired) electrons. The van der Waals surface area contributed by atoms with Crippen LogP contribution in [0.3, 0.4) is 0 Å². The molecule has 1 fully saturated rings. The fourth-order valence-electron chi connectivity index (χ4n) is 4.08. The first kappa shape index (κ1) is 38.6. The molecular weight excluding hydrogens is 442 g/mol. The Labute approximate surface area is 225 Å². The Bertz CT molecular complexity index is 786. The molecular formula is C33H59NO2. The first-order valence-corrected chi connectivity index (χ1v) is 14.4. The molecule has 2 aromatic carbocycles. The molecule has 0 unspecified atom stereocenters. The summed E-state index contributed by atoms with van der Waals surface area (Å²) in [6.07, 6.45) is 3.50. The van der Waals surface area contributed by atoms with E-state index in [-0.39, 0.29) is 12.6 Å². The highest BCUT2D eigenvalue weighted by atomic mass is 16.3. The van der Waals surface area contributed by atoms with Gasteiger partial charge in [-0.15, -0.1) is 0 Å². The molecule has 0 spiro atoms. The van der Waals surface area contributed by atoms with E-state index in [1.165, 1.54) is 5.56 Å². The van der Waals surface area contributed by atoms with Crippen LogP contribution in [0.5, 0.6) is 0 Å². The highest BCUT2D eigenvalue weighted by Gasteiger charge is 2.44. The van der Waals surface area contributed by atoms with Crippen molar-refractivity contribution in [2.24, 2.45) is 0 Å². The predicted molar refractivity (Wildman–Crippen MR) is 164 cm³/mol. The first-order chi connectivity index (χ1) is 17.5. The van der Waals surface area contributed by atoms with E-state index >= 15 is 0 Å². The van der Waals surface area contributed by atoms with Crippen LogP contribution in [0.4, 0.5) is 0 Å². The number of nitrogens with zero attached hydrogens (tertiary/aromatic N) is 1. The van der Waals surface area contributed by atoms with E-state index in [4.69, 9.17) is 0 Å². The second-order valence-electron chi connectivity index (χ2n) is 7.37. The lowest BCUT2D eigenvalue weighted by molar-refractivity contribution is 0.0531. The average molecular weight is 502 g/mol. The smallest absolute Gasteiger partial charge is 0.104 e. The summed E-state index contributed by atoms with van der Waals surface area (Å²) in [5, 5.41) is 21.6. The first-order valence-electron chi connectivity index (χ1n) is 14.4. The Morgan fingerprint density at radius 2 is 1.44 bits per heavy atom. The van der Waals surface area contributed by atoms with E-state index in [1.807, 2.05) is 101 Å². The minimum absolute atomic E-state index is 0.0818. The van der Waals surface area contributed by atoms with Crippen molar-refractivity contribution >= 4 is 5.57 Å². The molecule has 1 saturated heterocycles. The van der Waals surface area contributed by atoms with Gasteiger partial charge in [0, 0.05) is 6.54 Å². The van der Waals surface area contributed by atoms with Crippen LogP contribution in [-0.2, 0) is 6.42 Å². The van der Waals surface area contributed by atoms with E-state index in [0.29, 0.717) is 6.42 Å². The molecule has 3 rings (SSSR count). The quantitative estimate of drug-likeness (QED) is 0.430. The third-order valence-electron chi connectivity index (χ3n) is 5.55. The molecule has 0 aliphatic carbocycles. The molecule has 2 aromatic rings. The summed E-state index contributed by atoms with van der Waals surface area (Å²) in [7, 11) is 2.05. The van der Waals surface area contributed by atoms with E-state index in [2.05, 4.69) is 49.1 Å². The van der Waals surface area contributed by atoms with Gasteiger partial charge in [0.2, 0.25) is 0 Å². The van der Waals surface area contributed by atoms with E-state index in [0.717, 1.165) is 35.2 Å². The number of aliphatic hydroxyl groups is 2. The topological polar surface area (TPSA) is 43.7 Å². The van der Waals surface area contributed by atoms with Crippen LogP contribution in [-0.4, -0.2) is 40.9 Å². The number of benzene rings is 2. The fraction of sp³-hybridized carbons (Fsp3) is 0.576. The SMILES string of the molecule is CC.CC.CC.CC.CC.CCc1ccc(C)c(/C(=C/[C@]2(O)CCN(C)[C@H]2c2ccccc2)CO)c1. The number of rotatable bonds is 5. The molecule has 208 valence electrons. The predicted octanol–water partition coefficient (Wildman–Crippen LogP) is 8.87. The molecule has 0 saturated carbocycles. The van der Waals surface area contributed by atoms with Crippen molar-refractivity contribution in [2.45, 2.75) is 108 Å². The maximum absolute atomic E-state index is 11.5. The second kappa shape index (κ2) is 23.5. The lowest BCUT2D eigenvalue weighted by Gasteiger charge is -2.31. The Balaban J connectivity index is -0.000000973. The number of aliphatic hydroxyl groups excluding tert-OH is 1. The number of hydrogen-bond donors (Lipinski definition) is 2. The van der Waals surface area contributed by atoms with Crippen LogP contribution in [0.15, 0.2) is 54.6 Å². The molecule has 1 aliphatic heterocycles. The van der Waals surface area contributed by atoms with Gasteiger partial charge < -0.3 is 10.2 Å². The minimum atomic E-state index is -0.997. The van der Waals surface area contributed by atoms with Gasteiger partial charge in [-0.2, -0.15) is 0 Å². The van der Waals surface area contributed by atoms with Gasteiger partial charge in [-0.3, -0.25) is 4.90 Å². The number of likely N-dealkylation sites (tertiary alicyclic amines) is 1. The van der Waals surface area contributed by atoms with Crippen molar-refractivity contribution in [1.29, 1.82) is 0 Å². The maximum Gasteiger partial charge on any atom is 0.104 e. The summed E-state index contributed by atoms with van der Waals surface area (Å²) >= 11 is 0. The number of hydrogen-bond acceptors (Lipinski definition) is 3. The summed E-state index contributed by atoms with van der Waals surface area (Å²) in [4.78, 5) is 2.19. The summed E-state index contributed by atoms with van der Waals surface area (Å²) in [5.74, 6) is 0. The molecule has 3 heteroatoms. The van der Waals surface area contributed by atoms with Crippen molar-refractivity contribution in [1.82, 2.24) is 4.90 Å². The summed E-state index contributed by atoms with van der Waals surface area (Å²) in [6.45, 7) is 24.9. The maximum atomic E-state index is 11.5. The van der Waals surface area contributed by atoms with Crippen LogP contribution in [0.25, 0.3) is 5.57 Å². The van der Waals surface area contributed by atoms with Crippen molar-refractivity contribution in [2.75, 3.05) is 20.2 Å². The van der Waals surface area contributed by atoms with Crippen LogP contribution in [0, 0.1) is 6.92 Å². The monoisotopic (exact) mass is 501 g/mol. The molecule has 0 bridgehead atoms. The molecule has 1 heterocycles. The van der Waals surface area contributed by atoms with Crippen molar-refractivity contribution in [3.63, 3.8) is 0 Å². The Kier molecular flexibility index (Phi) is 25.1. The van der Waals surface area contributed by atoms with Gasteiger partial charge >= 0.3 is 0 Å². The Morgan fingerprint density at radius 1 is 0.917 bits per heavy atom. The number of aryl methyl sites for hydroxylation is 2. The summed E-state index contributed by atoms with van der Waals surface area (Å²) in [6, 6.07) is 16.4. The van der Waals surface area contributed by atoms with Crippen molar-refractivity contribution < 1.29 is 10.2 Å². The average Bonchev–Trinajstić information content (AvgIpc) is 3.27. The van der Waals surface area contributed by atoms with Crippen molar-refractivity contribution in [3.8, 4) is 0 Å². The highest BCUT2D eigenvalue weighted by Crippen LogP contribution is 2.42. The van der Waals surface area contributed by atoms with E-state index in [1.54, 1.807) is 0 Å². The third kappa shape index (κ3) is 11.4. The molecule has 0 aromatic heterocycles. The van der Waals surface area contributed by atoms with E-state index in [9.17, 15) is 10.2 Å². The molecule has 3 nitrogen and oxygen atoms in total. The van der Waals surface area contributed by atoms with Gasteiger partial charge in [0.1, 0.15) is 5.60 Å². The Morgan fingerprint density at radius 3 is 1.92 bits per heavy atom. The van der Waals surface area contributed by atoms with Crippen LogP contribution >= 0.6 is 0 Å².